The van der Waals surface area contributed by atoms with Gasteiger partial charge < -0.3 is 9.84 Å². The Labute approximate surface area is 139 Å². The van der Waals surface area contributed by atoms with Crippen LogP contribution in [0.25, 0.3) is 0 Å². The summed E-state index contributed by atoms with van der Waals surface area (Å²) in [5.41, 5.74) is -6.61. The largest absolute Gasteiger partial charge is 0.511 e. The minimum Gasteiger partial charge on any atom is -0.477 e. The first kappa shape index (κ1) is 19.2. The summed E-state index contributed by atoms with van der Waals surface area (Å²) in [7, 11) is -5.77. The number of amides is 1. The van der Waals surface area contributed by atoms with Crippen molar-refractivity contribution in [3.05, 3.63) is 11.3 Å². The number of fused-ring (bicyclic) bond motifs is 1. The Kier molecular flexibility index (Phi) is 4.83. The van der Waals surface area contributed by atoms with E-state index in [1.807, 2.05) is 0 Å². The molecule has 0 aromatic rings. The Hall–Kier alpha value is -2.15. The van der Waals surface area contributed by atoms with Gasteiger partial charge in [0.05, 0.1) is 18.2 Å². The fraction of sp³-hybridized carbons (Fsp3) is 0.583. The van der Waals surface area contributed by atoms with E-state index in [9.17, 15) is 41.1 Å². The molecular weight excluding hydrogens is 373 g/mol. The van der Waals surface area contributed by atoms with E-state index in [0.717, 1.165) is 0 Å². The SMILES string of the molecule is CCOC(=O)C1=C(C(=O)O)N2C(=O)C(NS(=O)(=O)C(F)(F)F)[C@H]2CC1. The second kappa shape index (κ2) is 6.29. The van der Waals surface area contributed by atoms with Crippen molar-refractivity contribution in [1.82, 2.24) is 9.62 Å². The Bertz CT molecular complexity index is 759. The zero-order valence-electron chi connectivity index (χ0n) is 12.7. The smallest absolute Gasteiger partial charge is 0.477 e. The molecule has 2 atom stereocenters. The van der Waals surface area contributed by atoms with Crippen molar-refractivity contribution in [3.63, 3.8) is 0 Å². The summed E-state index contributed by atoms with van der Waals surface area (Å²) >= 11 is 0. The quantitative estimate of drug-likeness (QED) is 0.490. The number of ether oxygens (including phenoxy) is 1. The molecule has 2 heterocycles. The van der Waals surface area contributed by atoms with Crippen LogP contribution in [0, 0.1) is 0 Å². The number of carbonyl (C=O) groups excluding carboxylic acids is 2. The molecule has 1 unspecified atom stereocenters. The van der Waals surface area contributed by atoms with Crippen LogP contribution in [-0.4, -0.2) is 60.5 Å². The predicted molar refractivity (Wildman–Crippen MR) is 73.1 cm³/mol. The number of carbonyl (C=O) groups is 3. The second-order valence-electron chi connectivity index (χ2n) is 5.21. The number of sulfonamides is 1. The molecule has 0 radical (unpaired) electrons. The molecule has 2 aliphatic rings. The van der Waals surface area contributed by atoms with E-state index in [1.165, 1.54) is 11.6 Å². The van der Waals surface area contributed by atoms with Crippen LogP contribution < -0.4 is 4.72 Å². The number of halogens is 3. The molecule has 140 valence electrons. The van der Waals surface area contributed by atoms with Gasteiger partial charge in [-0.3, -0.25) is 9.69 Å². The van der Waals surface area contributed by atoms with Crippen LogP contribution in [0.4, 0.5) is 13.2 Å². The number of aliphatic carboxylic acids is 1. The van der Waals surface area contributed by atoms with Gasteiger partial charge in [0.1, 0.15) is 11.7 Å². The van der Waals surface area contributed by atoms with E-state index < -0.39 is 51.2 Å². The topological polar surface area (TPSA) is 130 Å². The molecule has 1 fully saturated rings. The van der Waals surface area contributed by atoms with Gasteiger partial charge >= 0.3 is 27.5 Å². The van der Waals surface area contributed by atoms with E-state index in [4.69, 9.17) is 4.74 Å². The lowest BCUT2D eigenvalue weighted by Crippen LogP contribution is -2.72. The van der Waals surface area contributed by atoms with Crippen LogP contribution >= 0.6 is 0 Å². The minimum atomic E-state index is -5.77. The molecule has 1 saturated heterocycles. The highest BCUT2D eigenvalue weighted by molar-refractivity contribution is 7.90. The predicted octanol–water partition coefficient (Wildman–Crippen LogP) is -0.299. The van der Waals surface area contributed by atoms with Crippen LogP contribution in [-0.2, 0) is 29.1 Å². The first-order chi connectivity index (χ1) is 11.4. The van der Waals surface area contributed by atoms with E-state index >= 15 is 0 Å². The van der Waals surface area contributed by atoms with Crippen molar-refractivity contribution in [2.75, 3.05) is 6.61 Å². The number of hydrogen-bond donors (Lipinski definition) is 2. The fourth-order valence-electron chi connectivity index (χ4n) is 2.68. The normalized spacial score (nSPS) is 23.8. The summed E-state index contributed by atoms with van der Waals surface area (Å²) in [6.45, 7) is 1.45. The summed E-state index contributed by atoms with van der Waals surface area (Å²) in [4.78, 5) is 35.8. The van der Waals surface area contributed by atoms with Gasteiger partial charge in [0.2, 0.25) is 5.91 Å². The van der Waals surface area contributed by atoms with E-state index in [2.05, 4.69) is 0 Å². The zero-order valence-corrected chi connectivity index (χ0v) is 13.5. The van der Waals surface area contributed by atoms with Crippen molar-refractivity contribution < 1.29 is 45.8 Å². The lowest BCUT2D eigenvalue weighted by atomic mass is 9.84. The van der Waals surface area contributed by atoms with E-state index in [-0.39, 0.29) is 25.0 Å². The highest BCUT2D eigenvalue weighted by atomic mass is 32.2. The molecule has 2 N–H and O–H groups in total. The molecule has 9 nitrogen and oxygen atoms in total. The van der Waals surface area contributed by atoms with Crippen molar-refractivity contribution in [1.29, 1.82) is 0 Å². The third kappa shape index (κ3) is 3.20. The van der Waals surface area contributed by atoms with Crippen LogP contribution in [0.2, 0.25) is 0 Å². The Morgan fingerprint density at radius 3 is 2.48 bits per heavy atom. The first-order valence-electron chi connectivity index (χ1n) is 6.97. The lowest BCUT2D eigenvalue weighted by molar-refractivity contribution is -0.154. The van der Waals surface area contributed by atoms with Gasteiger partial charge in [-0.05, 0) is 19.8 Å². The molecule has 0 aromatic heterocycles. The number of β-lactam (4-membered cyclic amide) rings is 1. The number of esters is 1. The van der Waals surface area contributed by atoms with Crippen molar-refractivity contribution in [2.24, 2.45) is 0 Å². The van der Waals surface area contributed by atoms with Gasteiger partial charge in [-0.15, -0.1) is 0 Å². The summed E-state index contributed by atoms with van der Waals surface area (Å²) in [5, 5.41) is 9.24. The summed E-state index contributed by atoms with van der Waals surface area (Å²) < 4.78 is 65.5. The molecule has 0 spiro atoms. The number of carboxylic acids is 1. The third-order valence-corrected chi connectivity index (χ3v) is 4.92. The van der Waals surface area contributed by atoms with Gasteiger partial charge in [-0.2, -0.15) is 17.9 Å². The second-order valence-corrected chi connectivity index (χ2v) is 6.92. The van der Waals surface area contributed by atoms with Gasteiger partial charge in [-0.25, -0.2) is 18.0 Å². The molecular formula is C12H13F3N2O7S. The van der Waals surface area contributed by atoms with Crippen LogP contribution in [0.3, 0.4) is 0 Å². The molecule has 13 heteroatoms. The molecule has 0 bridgehead atoms. The maximum absolute atomic E-state index is 12.4. The molecule has 0 aliphatic carbocycles. The Morgan fingerprint density at radius 1 is 1.40 bits per heavy atom. The monoisotopic (exact) mass is 386 g/mol. The average Bonchev–Trinajstić information content (AvgIpc) is 2.50. The molecule has 1 amide bonds. The highest BCUT2D eigenvalue weighted by Gasteiger charge is 2.58. The third-order valence-electron chi connectivity index (χ3n) is 3.75. The molecule has 2 aliphatic heterocycles. The van der Waals surface area contributed by atoms with Crippen LogP contribution in [0.1, 0.15) is 19.8 Å². The van der Waals surface area contributed by atoms with Crippen LogP contribution in [0.15, 0.2) is 11.3 Å². The Morgan fingerprint density at radius 2 is 2.00 bits per heavy atom. The van der Waals surface area contributed by atoms with Crippen molar-refractivity contribution in [3.8, 4) is 0 Å². The summed E-state index contributed by atoms with van der Waals surface area (Å²) in [6, 6.07) is -2.88. The summed E-state index contributed by atoms with van der Waals surface area (Å²) in [6.07, 6.45) is -0.277. The van der Waals surface area contributed by atoms with Crippen LogP contribution in [0.5, 0.6) is 0 Å². The molecule has 2 rings (SSSR count). The van der Waals surface area contributed by atoms with E-state index in [1.54, 1.807) is 0 Å². The first-order valence-corrected chi connectivity index (χ1v) is 8.46. The maximum atomic E-state index is 12.4. The van der Waals surface area contributed by atoms with Crippen molar-refractivity contribution in [2.45, 2.75) is 37.4 Å². The minimum absolute atomic E-state index is 0.0411. The molecule has 25 heavy (non-hydrogen) atoms. The number of alkyl halides is 3. The van der Waals surface area contributed by atoms with E-state index in [0.29, 0.717) is 4.90 Å². The maximum Gasteiger partial charge on any atom is 0.511 e. The highest BCUT2D eigenvalue weighted by Crippen LogP contribution is 2.38. The number of hydrogen-bond acceptors (Lipinski definition) is 6. The standard InChI is InChI=1S/C12H13F3N2O7S/c1-2-24-11(21)5-3-4-6-7(16-25(22,23)12(13,14)15)9(18)17(6)8(5)10(19)20/h6-7,16H,2-4H2,1H3,(H,19,20)/t6-,7?/m1/s1. The Balaban J connectivity index is 2.31. The lowest BCUT2D eigenvalue weighted by Gasteiger charge is -2.49. The fourth-order valence-corrected chi connectivity index (χ4v) is 3.41. The van der Waals surface area contributed by atoms with Crippen molar-refractivity contribution >= 4 is 27.9 Å². The van der Waals surface area contributed by atoms with Gasteiger partial charge in [-0.1, -0.05) is 0 Å². The van der Waals surface area contributed by atoms with Gasteiger partial charge in [0.25, 0.3) is 0 Å². The number of nitrogens with zero attached hydrogens (tertiary/aromatic N) is 1. The molecule has 0 aromatic carbocycles. The number of nitrogens with one attached hydrogen (secondary N) is 1. The van der Waals surface area contributed by atoms with Gasteiger partial charge in [0, 0.05) is 0 Å². The van der Waals surface area contributed by atoms with Gasteiger partial charge in [0.15, 0.2) is 0 Å². The average molecular weight is 386 g/mol. The number of carboxylic acid groups (broad SMARTS) is 1. The summed E-state index contributed by atoms with van der Waals surface area (Å²) in [5.74, 6) is -3.78. The molecule has 0 saturated carbocycles. The zero-order chi connectivity index (χ0) is 19.2. The number of rotatable bonds is 5.